The lowest BCUT2D eigenvalue weighted by atomic mass is 10.1. The number of hydrogen-bond acceptors (Lipinski definition) is 2. The van der Waals surface area contributed by atoms with E-state index in [0.717, 1.165) is 40.7 Å². The minimum atomic E-state index is -0.0679. The Hall–Kier alpha value is -1.03. The summed E-state index contributed by atoms with van der Waals surface area (Å²) in [5.74, 6) is 0.667. The average molecular weight is 314 g/mol. The summed E-state index contributed by atoms with van der Waals surface area (Å²) >= 11 is 3.50. The maximum Gasteiger partial charge on any atom is 0.257 e. The van der Waals surface area contributed by atoms with Crippen molar-refractivity contribution in [2.75, 3.05) is 13.2 Å². The molecule has 1 aromatic carbocycles. The molecular formula is C14H20BrNO2. The second-order valence-electron chi connectivity index (χ2n) is 4.36. The van der Waals surface area contributed by atoms with Gasteiger partial charge in [0.05, 0.1) is 0 Å². The van der Waals surface area contributed by atoms with Gasteiger partial charge in [0.25, 0.3) is 5.91 Å². The molecule has 0 saturated carbocycles. The molecule has 1 N–H and O–H groups in total. The molecule has 0 unspecified atom stereocenters. The summed E-state index contributed by atoms with van der Waals surface area (Å²) < 4.78 is 6.57. The van der Waals surface area contributed by atoms with E-state index in [1.54, 1.807) is 0 Å². The maximum atomic E-state index is 11.5. The number of hydrogen-bond donors (Lipinski definition) is 1. The molecule has 0 aliphatic rings. The lowest BCUT2D eigenvalue weighted by Gasteiger charge is -2.10. The number of benzene rings is 1. The second-order valence-corrected chi connectivity index (χ2v) is 5.16. The van der Waals surface area contributed by atoms with Crippen LogP contribution < -0.4 is 10.1 Å². The molecule has 1 aromatic rings. The van der Waals surface area contributed by atoms with Crippen LogP contribution >= 0.6 is 15.9 Å². The number of amides is 1. The molecule has 0 bridgehead atoms. The van der Waals surface area contributed by atoms with Gasteiger partial charge in [0.2, 0.25) is 0 Å². The van der Waals surface area contributed by atoms with Crippen LogP contribution in [0.3, 0.4) is 0 Å². The van der Waals surface area contributed by atoms with Crippen LogP contribution in [0.25, 0.3) is 0 Å². The van der Waals surface area contributed by atoms with Crippen molar-refractivity contribution in [1.29, 1.82) is 0 Å². The summed E-state index contributed by atoms with van der Waals surface area (Å²) in [6.07, 6.45) is 2.08. The summed E-state index contributed by atoms with van der Waals surface area (Å²) in [6.45, 7) is 6.90. The van der Waals surface area contributed by atoms with Gasteiger partial charge >= 0.3 is 0 Å². The molecule has 0 aromatic heterocycles. The van der Waals surface area contributed by atoms with Crippen LogP contribution in [0.5, 0.6) is 5.75 Å². The minimum absolute atomic E-state index is 0.0679. The van der Waals surface area contributed by atoms with Crippen molar-refractivity contribution in [1.82, 2.24) is 5.32 Å². The monoisotopic (exact) mass is 313 g/mol. The zero-order chi connectivity index (χ0) is 13.5. The highest BCUT2D eigenvalue weighted by Gasteiger charge is 2.05. The third-order valence-corrected chi connectivity index (χ3v) is 3.88. The van der Waals surface area contributed by atoms with E-state index in [1.165, 1.54) is 0 Å². The van der Waals surface area contributed by atoms with E-state index in [0.29, 0.717) is 0 Å². The molecule has 0 fully saturated rings. The molecule has 0 aliphatic carbocycles. The van der Waals surface area contributed by atoms with E-state index in [1.807, 2.05) is 26.0 Å². The van der Waals surface area contributed by atoms with Crippen LogP contribution in [0, 0.1) is 13.8 Å². The first-order chi connectivity index (χ1) is 8.54. The van der Waals surface area contributed by atoms with Gasteiger partial charge in [-0.15, -0.1) is 0 Å². The third kappa shape index (κ3) is 4.69. The van der Waals surface area contributed by atoms with Gasteiger partial charge in [-0.1, -0.05) is 29.3 Å². The number of halogens is 1. The van der Waals surface area contributed by atoms with Crippen molar-refractivity contribution in [3.8, 4) is 5.75 Å². The van der Waals surface area contributed by atoms with Crippen LogP contribution in [0.15, 0.2) is 16.6 Å². The summed E-state index contributed by atoms with van der Waals surface area (Å²) in [7, 11) is 0. The molecular weight excluding hydrogens is 294 g/mol. The normalized spacial score (nSPS) is 10.2. The van der Waals surface area contributed by atoms with Gasteiger partial charge in [-0.3, -0.25) is 4.79 Å². The van der Waals surface area contributed by atoms with Gasteiger partial charge in [-0.25, -0.2) is 0 Å². The third-order valence-electron chi connectivity index (χ3n) is 2.63. The lowest BCUT2D eigenvalue weighted by Crippen LogP contribution is -2.29. The van der Waals surface area contributed by atoms with Gasteiger partial charge < -0.3 is 10.1 Å². The Morgan fingerprint density at radius 2 is 1.94 bits per heavy atom. The predicted octanol–water partition coefficient (Wildman–Crippen LogP) is 3.36. The number of aryl methyl sites for hydroxylation is 2. The van der Waals surface area contributed by atoms with Crippen molar-refractivity contribution in [3.05, 3.63) is 27.7 Å². The maximum absolute atomic E-state index is 11.5. The van der Waals surface area contributed by atoms with Crippen molar-refractivity contribution in [2.24, 2.45) is 0 Å². The molecule has 100 valence electrons. The Labute approximate surface area is 117 Å². The first kappa shape index (κ1) is 15.0. The number of unbranched alkanes of at least 4 members (excludes halogenated alkanes) is 1. The molecule has 1 amide bonds. The summed E-state index contributed by atoms with van der Waals surface area (Å²) in [6, 6.07) is 3.85. The second kappa shape index (κ2) is 7.41. The van der Waals surface area contributed by atoms with Crippen molar-refractivity contribution in [3.63, 3.8) is 0 Å². The fraction of sp³-hybridized carbons (Fsp3) is 0.500. The molecule has 0 saturated heterocycles. The van der Waals surface area contributed by atoms with Gasteiger partial charge in [0, 0.05) is 11.0 Å². The Morgan fingerprint density at radius 1 is 1.33 bits per heavy atom. The SMILES string of the molecule is CCCCNC(=O)COc1cc(C)c(Br)c(C)c1. The highest BCUT2D eigenvalue weighted by atomic mass is 79.9. The highest BCUT2D eigenvalue weighted by Crippen LogP contribution is 2.26. The van der Waals surface area contributed by atoms with Crippen LogP contribution in [0.4, 0.5) is 0 Å². The van der Waals surface area contributed by atoms with Crippen LogP contribution in [-0.2, 0) is 4.79 Å². The molecule has 0 radical (unpaired) electrons. The predicted molar refractivity (Wildman–Crippen MR) is 77.0 cm³/mol. The zero-order valence-electron chi connectivity index (χ0n) is 11.2. The van der Waals surface area contributed by atoms with E-state index in [4.69, 9.17) is 4.74 Å². The molecule has 3 nitrogen and oxygen atoms in total. The summed E-state index contributed by atoms with van der Waals surface area (Å²) in [5, 5.41) is 2.82. The number of rotatable bonds is 6. The summed E-state index contributed by atoms with van der Waals surface area (Å²) in [5.41, 5.74) is 2.22. The van der Waals surface area contributed by atoms with E-state index in [9.17, 15) is 4.79 Å². The first-order valence-electron chi connectivity index (χ1n) is 6.20. The van der Waals surface area contributed by atoms with E-state index in [2.05, 4.69) is 28.2 Å². The van der Waals surface area contributed by atoms with Gasteiger partial charge in [0.15, 0.2) is 6.61 Å². The van der Waals surface area contributed by atoms with Crippen LogP contribution in [0.2, 0.25) is 0 Å². The smallest absolute Gasteiger partial charge is 0.257 e. The molecule has 18 heavy (non-hydrogen) atoms. The van der Waals surface area contributed by atoms with Crippen LogP contribution in [0.1, 0.15) is 30.9 Å². The van der Waals surface area contributed by atoms with E-state index in [-0.39, 0.29) is 12.5 Å². The Bertz CT molecular complexity index is 395. The van der Waals surface area contributed by atoms with Gasteiger partial charge in [-0.05, 0) is 43.5 Å². The van der Waals surface area contributed by atoms with E-state index < -0.39 is 0 Å². The quantitative estimate of drug-likeness (QED) is 0.818. The molecule has 1 rings (SSSR count). The fourth-order valence-corrected chi connectivity index (χ4v) is 1.82. The van der Waals surface area contributed by atoms with Crippen LogP contribution in [-0.4, -0.2) is 19.1 Å². The molecule has 0 atom stereocenters. The van der Waals surface area contributed by atoms with Gasteiger partial charge in [0.1, 0.15) is 5.75 Å². The molecule has 4 heteroatoms. The topological polar surface area (TPSA) is 38.3 Å². The Morgan fingerprint density at radius 3 is 2.50 bits per heavy atom. The average Bonchev–Trinajstić information content (AvgIpc) is 2.33. The van der Waals surface area contributed by atoms with Crippen molar-refractivity contribution < 1.29 is 9.53 Å². The standard InChI is InChI=1S/C14H20BrNO2/c1-4-5-6-16-13(17)9-18-12-7-10(2)14(15)11(3)8-12/h7-8H,4-6,9H2,1-3H3,(H,16,17). The highest BCUT2D eigenvalue weighted by molar-refractivity contribution is 9.10. The fourth-order valence-electron chi connectivity index (χ4n) is 1.59. The lowest BCUT2D eigenvalue weighted by molar-refractivity contribution is -0.123. The molecule has 0 aliphatic heterocycles. The molecule has 0 heterocycles. The van der Waals surface area contributed by atoms with Crippen molar-refractivity contribution >= 4 is 21.8 Å². The van der Waals surface area contributed by atoms with Gasteiger partial charge in [-0.2, -0.15) is 0 Å². The first-order valence-corrected chi connectivity index (χ1v) is 7.00. The number of ether oxygens (including phenoxy) is 1. The number of carbonyl (C=O) groups is 1. The zero-order valence-corrected chi connectivity index (χ0v) is 12.8. The Kier molecular flexibility index (Phi) is 6.19. The largest absolute Gasteiger partial charge is 0.484 e. The number of nitrogens with one attached hydrogen (secondary N) is 1. The van der Waals surface area contributed by atoms with E-state index >= 15 is 0 Å². The minimum Gasteiger partial charge on any atom is -0.484 e. The Balaban J connectivity index is 2.46. The molecule has 0 spiro atoms. The van der Waals surface area contributed by atoms with Crippen molar-refractivity contribution in [2.45, 2.75) is 33.6 Å². The number of carbonyl (C=O) groups excluding carboxylic acids is 1. The summed E-state index contributed by atoms with van der Waals surface area (Å²) in [4.78, 5) is 11.5.